The van der Waals surface area contributed by atoms with Crippen LogP contribution in [0.2, 0.25) is 0 Å². The van der Waals surface area contributed by atoms with Crippen LogP contribution < -0.4 is 5.09 Å². The Labute approximate surface area is 166 Å². The number of amides is 2. The number of carbonyl (C=O) groups is 2. The van der Waals surface area contributed by atoms with Crippen molar-refractivity contribution < 1.29 is 27.8 Å². The van der Waals surface area contributed by atoms with Gasteiger partial charge >= 0.3 is 0 Å². The molecule has 0 radical (unpaired) electrons. The lowest BCUT2D eigenvalue weighted by Crippen LogP contribution is -2.37. The van der Waals surface area contributed by atoms with Crippen LogP contribution >= 0.6 is 8.18 Å². The van der Waals surface area contributed by atoms with E-state index in [0.29, 0.717) is 30.8 Å². The average Bonchev–Trinajstić information content (AvgIpc) is 2.95. The van der Waals surface area contributed by atoms with Crippen LogP contribution in [-0.4, -0.2) is 52.7 Å². The van der Waals surface area contributed by atoms with E-state index in [-0.39, 0.29) is 24.6 Å². The number of hydrogen-bond acceptors (Lipinski definition) is 3. The predicted molar refractivity (Wildman–Crippen MR) is 104 cm³/mol. The minimum atomic E-state index is -2.87. The third kappa shape index (κ3) is 4.99. The number of rotatable bonds is 4. The van der Waals surface area contributed by atoms with Crippen molar-refractivity contribution >= 4 is 25.7 Å². The number of anilines is 1. The average molecular weight is 423 g/mol. The van der Waals surface area contributed by atoms with E-state index >= 15 is 0 Å². The van der Waals surface area contributed by atoms with Crippen molar-refractivity contribution in [3.8, 4) is 0 Å². The first kappa shape index (κ1) is 21.0. The Bertz CT molecular complexity index is 940. The van der Waals surface area contributed by atoms with Crippen LogP contribution in [-0.2, 0) is 4.57 Å². The number of halogens is 2. The molecule has 1 saturated heterocycles. The second-order valence-electron chi connectivity index (χ2n) is 6.55. The molecular formula is C19H20F2N3O4P. The number of benzene rings is 2. The molecule has 0 spiro atoms. The zero-order chi connectivity index (χ0) is 21.0. The highest BCUT2D eigenvalue weighted by Gasteiger charge is 2.25. The number of carbonyl (C=O) groups excluding carboxylic acids is 2. The molecule has 2 aromatic rings. The zero-order valence-electron chi connectivity index (χ0n) is 15.4. The van der Waals surface area contributed by atoms with E-state index in [9.17, 15) is 22.9 Å². The summed E-state index contributed by atoms with van der Waals surface area (Å²) in [5.41, 5.74) is 0.512. The Hall–Kier alpha value is -2.77. The second kappa shape index (κ2) is 9.15. The normalized spacial score (nSPS) is 15.6. The molecule has 1 atom stereocenters. The Balaban J connectivity index is 1.66. The van der Waals surface area contributed by atoms with Crippen LogP contribution in [0.15, 0.2) is 42.5 Å². The third-order valence-corrected chi connectivity index (χ3v) is 5.14. The van der Waals surface area contributed by atoms with Gasteiger partial charge in [0.25, 0.3) is 20.0 Å². The van der Waals surface area contributed by atoms with Crippen LogP contribution in [0.4, 0.5) is 14.5 Å². The molecule has 0 bridgehead atoms. The van der Waals surface area contributed by atoms with Gasteiger partial charge in [-0.3, -0.25) is 14.2 Å². The van der Waals surface area contributed by atoms with Crippen LogP contribution in [0, 0.1) is 11.6 Å². The van der Waals surface area contributed by atoms with Crippen LogP contribution in [0.25, 0.3) is 0 Å². The molecule has 3 rings (SSSR count). The molecule has 2 N–H and O–H groups in total. The van der Waals surface area contributed by atoms with Crippen LogP contribution in [0.3, 0.4) is 0 Å². The minimum Gasteiger partial charge on any atom is -0.337 e. The van der Waals surface area contributed by atoms with E-state index in [2.05, 4.69) is 5.09 Å². The van der Waals surface area contributed by atoms with E-state index in [4.69, 9.17) is 4.89 Å². The van der Waals surface area contributed by atoms with Gasteiger partial charge in [0.05, 0.1) is 5.56 Å². The monoisotopic (exact) mass is 423 g/mol. The summed E-state index contributed by atoms with van der Waals surface area (Å²) in [6.45, 7) is 1.20. The highest BCUT2D eigenvalue weighted by Crippen LogP contribution is 2.21. The van der Waals surface area contributed by atoms with Gasteiger partial charge in [0.1, 0.15) is 0 Å². The second-order valence-corrected chi connectivity index (χ2v) is 7.41. The van der Waals surface area contributed by atoms with Gasteiger partial charge in [0, 0.05) is 37.4 Å². The lowest BCUT2D eigenvalue weighted by atomic mass is 10.1. The number of hydrogen-bond donors (Lipinski definition) is 2. The zero-order valence-corrected chi connectivity index (χ0v) is 16.4. The maximum absolute atomic E-state index is 13.9. The van der Waals surface area contributed by atoms with Crippen LogP contribution in [0.5, 0.6) is 0 Å². The van der Waals surface area contributed by atoms with Crippen molar-refractivity contribution in [1.82, 2.24) is 9.80 Å². The molecule has 7 nitrogen and oxygen atoms in total. The third-order valence-electron chi connectivity index (χ3n) is 4.64. The van der Waals surface area contributed by atoms with E-state index < -0.39 is 25.7 Å². The summed E-state index contributed by atoms with van der Waals surface area (Å²) in [6, 6.07) is 9.64. The minimum absolute atomic E-state index is 0.201. The molecular weight excluding hydrogens is 403 g/mol. The quantitative estimate of drug-likeness (QED) is 0.739. The van der Waals surface area contributed by atoms with Crippen molar-refractivity contribution in [2.24, 2.45) is 0 Å². The largest absolute Gasteiger partial charge is 0.337 e. The Morgan fingerprint density at radius 2 is 1.55 bits per heavy atom. The first-order chi connectivity index (χ1) is 13.9. The van der Waals surface area contributed by atoms with E-state index in [1.807, 2.05) is 0 Å². The van der Waals surface area contributed by atoms with E-state index in [1.165, 1.54) is 29.2 Å². The van der Waals surface area contributed by atoms with Crippen molar-refractivity contribution in [2.45, 2.75) is 6.42 Å². The van der Waals surface area contributed by atoms with Gasteiger partial charge in [-0.25, -0.2) is 8.78 Å². The molecule has 1 aliphatic rings. The highest BCUT2D eigenvalue weighted by atomic mass is 31.1. The number of nitrogens with one attached hydrogen (secondary N) is 1. The van der Waals surface area contributed by atoms with Gasteiger partial charge in [-0.05, 0) is 42.8 Å². The molecule has 1 heterocycles. The Morgan fingerprint density at radius 3 is 2.17 bits per heavy atom. The van der Waals surface area contributed by atoms with Crippen molar-refractivity contribution in [3.05, 3.63) is 65.2 Å². The predicted octanol–water partition coefficient (Wildman–Crippen LogP) is 2.75. The van der Waals surface area contributed by atoms with Gasteiger partial charge in [-0.2, -0.15) is 0 Å². The summed E-state index contributed by atoms with van der Waals surface area (Å²) in [6.07, 6.45) is 0.501. The summed E-state index contributed by atoms with van der Waals surface area (Å²) in [4.78, 5) is 37.2. The number of nitrogens with zero attached hydrogens (tertiary/aromatic N) is 2. The van der Waals surface area contributed by atoms with Crippen molar-refractivity contribution in [2.75, 3.05) is 31.3 Å². The lowest BCUT2D eigenvalue weighted by Gasteiger charge is -2.22. The van der Waals surface area contributed by atoms with E-state index in [0.717, 1.165) is 6.07 Å². The summed E-state index contributed by atoms with van der Waals surface area (Å²) in [5.74, 6) is -3.09. The first-order valence-corrected chi connectivity index (χ1v) is 10.3. The molecule has 10 heteroatoms. The maximum atomic E-state index is 13.9. The fraction of sp³-hybridized carbons (Fsp3) is 0.263. The standard InChI is InChI=1S/C19H20F2N3O4P/c20-16-4-1-3-15(17(16)21)19(26)24-10-2-9-23(11-12-24)18(25)13-5-7-14(8-6-13)22-29(27)28/h1,3-8,29H,2,9-12H2,(H2,22,27,28). The van der Waals surface area contributed by atoms with Crippen molar-refractivity contribution in [1.29, 1.82) is 0 Å². The Kier molecular flexibility index (Phi) is 6.61. The molecule has 1 unspecified atom stereocenters. The molecule has 0 saturated carbocycles. The van der Waals surface area contributed by atoms with Gasteiger partial charge in [-0.1, -0.05) is 6.07 Å². The SMILES string of the molecule is O=C(c1ccc(N[PH](=O)O)cc1)N1CCCN(C(=O)c2cccc(F)c2F)CC1. The van der Waals surface area contributed by atoms with Gasteiger partial charge in [-0.15, -0.1) is 0 Å². The van der Waals surface area contributed by atoms with Gasteiger partial charge < -0.3 is 19.8 Å². The highest BCUT2D eigenvalue weighted by molar-refractivity contribution is 7.39. The molecule has 0 aliphatic carbocycles. The van der Waals surface area contributed by atoms with Gasteiger partial charge in [0.2, 0.25) is 0 Å². The molecule has 154 valence electrons. The van der Waals surface area contributed by atoms with Crippen LogP contribution in [0.1, 0.15) is 27.1 Å². The van der Waals surface area contributed by atoms with Crippen molar-refractivity contribution in [3.63, 3.8) is 0 Å². The first-order valence-electron chi connectivity index (χ1n) is 8.99. The summed E-state index contributed by atoms with van der Waals surface area (Å²) < 4.78 is 38.2. The lowest BCUT2D eigenvalue weighted by molar-refractivity contribution is 0.0715. The maximum Gasteiger partial charge on any atom is 0.279 e. The summed E-state index contributed by atoms with van der Waals surface area (Å²) >= 11 is 0. The molecule has 1 aliphatic heterocycles. The molecule has 0 aromatic heterocycles. The van der Waals surface area contributed by atoms with Gasteiger partial charge in [0.15, 0.2) is 11.6 Å². The molecule has 1 fully saturated rings. The van der Waals surface area contributed by atoms with E-state index in [1.54, 1.807) is 17.0 Å². The smallest absolute Gasteiger partial charge is 0.279 e. The molecule has 2 amide bonds. The fourth-order valence-electron chi connectivity index (χ4n) is 3.17. The molecule has 2 aromatic carbocycles. The summed E-state index contributed by atoms with van der Waals surface area (Å²) in [7, 11) is -2.87. The molecule has 29 heavy (non-hydrogen) atoms. The Morgan fingerprint density at radius 1 is 0.931 bits per heavy atom. The topological polar surface area (TPSA) is 89.9 Å². The fourth-order valence-corrected chi connectivity index (χ4v) is 3.58. The summed E-state index contributed by atoms with van der Waals surface area (Å²) in [5, 5.41) is 2.38.